The number of carbonyl (C=O) groups excluding carboxylic acids is 2. The summed E-state index contributed by atoms with van der Waals surface area (Å²) in [5, 5.41) is 19.0. The van der Waals surface area contributed by atoms with Crippen LogP contribution >= 0.6 is 0 Å². The highest BCUT2D eigenvalue weighted by atomic mass is 16.3. The number of hydrogen-bond acceptors (Lipinski definition) is 6. The molecule has 4 N–H and O–H groups in total. The van der Waals surface area contributed by atoms with E-state index in [2.05, 4.69) is 74.6 Å². The zero-order valence-electron chi connectivity index (χ0n) is 26.2. The first-order chi connectivity index (χ1) is 21.6. The van der Waals surface area contributed by atoms with E-state index in [0.29, 0.717) is 6.42 Å². The van der Waals surface area contributed by atoms with Crippen LogP contribution in [0.4, 0.5) is 0 Å². The summed E-state index contributed by atoms with van der Waals surface area (Å²) in [6.45, 7) is 6.60. The van der Waals surface area contributed by atoms with Gasteiger partial charge in [-0.05, 0) is 84.0 Å². The van der Waals surface area contributed by atoms with Gasteiger partial charge in [0, 0.05) is 23.7 Å². The number of unbranched alkanes of at least 4 members (excludes halogenated alkanes) is 2. The number of pyridine rings is 1. The lowest BCUT2D eigenvalue weighted by Crippen LogP contribution is -2.44. The number of benzene rings is 3. The molecular formula is C37H41N5O3. The largest absolute Gasteiger partial charge is 0.508 e. The quantitative estimate of drug-likeness (QED) is 0.150. The lowest BCUT2D eigenvalue weighted by atomic mass is 9.87. The Balaban J connectivity index is 1.20. The fourth-order valence-electron chi connectivity index (χ4n) is 5.31. The zero-order chi connectivity index (χ0) is 32.0. The number of nitrogens with two attached hydrogens (primary N) is 1. The Hall–Kier alpha value is -4.82. The van der Waals surface area contributed by atoms with Gasteiger partial charge in [-0.25, -0.2) is 4.68 Å². The Morgan fingerprint density at radius 3 is 2.31 bits per heavy atom. The molecule has 0 aliphatic rings. The van der Waals surface area contributed by atoms with Crippen LogP contribution in [0.1, 0.15) is 63.3 Å². The van der Waals surface area contributed by atoms with Gasteiger partial charge in [0.15, 0.2) is 0 Å². The van der Waals surface area contributed by atoms with Gasteiger partial charge in [-0.2, -0.15) is 5.10 Å². The number of aromatic nitrogens is 3. The van der Waals surface area contributed by atoms with Crippen LogP contribution in [0.3, 0.4) is 0 Å². The maximum atomic E-state index is 12.4. The molecule has 3 aromatic carbocycles. The number of rotatable bonds is 11. The second kappa shape index (κ2) is 13.9. The molecule has 8 nitrogen and oxygen atoms in total. The number of nitrogens with zero attached hydrogens (tertiary/aromatic N) is 3. The second-order valence-corrected chi connectivity index (χ2v) is 12.6. The van der Waals surface area contributed by atoms with E-state index in [1.54, 1.807) is 24.3 Å². The molecule has 1 unspecified atom stereocenters. The van der Waals surface area contributed by atoms with Gasteiger partial charge in [-0.1, -0.05) is 75.7 Å². The van der Waals surface area contributed by atoms with E-state index in [-0.39, 0.29) is 29.9 Å². The number of aromatic hydroxyl groups is 1. The molecule has 2 heterocycles. The zero-order valence-corrected chi connectivity index (χ0v) is 26.2. The number of phenolic OH excluding ortho intramolecular Hbond substituents is 1. The highest BCUT2D eigenvalue weighted by Crippen LogP contribution is 2.27. The number of imide groups is 1. The summed E-state index contributed by atoms with van der Waals surface area (Å²) in [6.07, 6.45) is 5.52. The summed E-state index contributed by atoms with van der Waals surface area (Å²) in [7, 11) is 0. The predicted molar refractivity (Wildman–Crippen MR) is 178 cm³/mol. The van der Waals surface area contributed by atoms with Gasteiger partial charge in [0.2, 0.25) is 11.8 Å². The van der Waals surface area contributed by atoms with Gasteiger partial charge >= 0.3 is 0 Å². The molecule has 1 atom stereocenters. The highest BCUT2D eigenvalue weighted by molar-refractivity contribution is 5.97. The third-order valence-electron chi connectivity index (χ3n) is 7.98. The topological polar surface area (TPSA) is 123 Å². The van der Waals surface area contributed by atoms with Crippen molar-refractivity contribution < 1.29 is 14.7 Å². The van der Waals surface area contributed by atoms with Crippen LogP contribution in [-0.2, 0) is 27.8 Å². The molecule has 0 fully saturated rings. The summed E-state index contributed by atoms with van der Waals surface area (Å²) in [6, 6.07) is 26.5. The molecule has 0 bridgehead atoms. The van der Waals surface area contributed by atoms with Crippen LogP contribution in [0, 0.1) is 0 Å². The minimum atomic E-state index is -0.845. The van der Waals surface area contributed by atoms with Crippen LogP contribution in [0.25, 0.3) is 27.8 Å². The molecule has 0 radical (unpaired) electrons. The lowest BCUT2D eigenvalue weighted by molar-refractivity contribution is -0.131. The lowest BCUT2D eigenvalue weighted by Gasteiger charge is -2.19. The van der Waals surface area contributed by atoms with E-state index in [9.17, 15) is 14.7 Å². The Bertz CT molecular complexity index is 1770. The van der Waals surface area contributed by atoms with Crippen LogP contribution in [-0.4, -0.2) is 37.7 Å². The van der Waals surface area contributed by atoms with Gasteiger partial charge in [0.05, 0.1) is 17.4 Å². The number of fused-ring (bicyclic) bond motifs is 1. The van der Waals surface area contributed by atoms with E-state index in [4.69, 9.17) is 15.8 Å². The highest BCUT2D eigenvalue weighted by Gasteiger charge is 2.18. The smallest absolute Gasteiger partial charge is 0.243 e. The van der Waals surface area contributed by atoms with Gasteiger partial charge in [0.1, 0.15) is 11.4 Å². The van der Waals surface area contributed by atoms with Crippen molar-refractivity contribution in [1.82, 2.24) is 20.1 Å². The number of aryl methyl sites for hydroxylation is 1. The molecule has 2 aromatic heterocycles. The van der Waals surface area contributed by atoms with Gasteiger partial charge in [0.25, 0.3) is 0 Å². The standard InChI is InChI=1S/C37H41N5O3/c1-37(2,3)28-15-17-29(18-16-28)42-30(23-34(41-42)33-22-26-9-7-8-10-27(26)24-39-33)11-5-4-6-12-35(44)40-36(45)32(38)21-25-13-19-31(43)20-14-25/h7-10,13-20,22-24,32,43H,4-6,11-12,21,38H2,1-3H3,(H,40,44,45). The first-order valence-electron chi connectivity index (χ1n) is 15.5. The fraction of sp³-hybridized carbons (Fsp3) is 0.297. The number of carbonyl (C=O) groups is 2. The monoisotopic (exact) mass is 603 g/mol. The van der Waals surface area contributed by atoms with Crippen LogP contribution in [0.2, 0.25) is 0 Å². The van der Waals surface area contributed by atoms with E-state index in [1.807, 2.05) is 23.0 Å². The van der Waals surface area contributed by atoms with E-state index in [0.717, 1.165) is 58.4 Å². The molecule has 45 heavy (non-hydrogen) atoms. The molecule has 0 saturated heterocycles. The second-order valence-electron chi connectivity index (χ2n) is 12.6. The van der Waals surface area contributed by atoms with Crippen molar-refractivity contribution in [1.29, 1.82) is 0 Å². The van der Waals surface area contributed by atoms with Crippen LogP contribution < -0.4 is 11.1 Å². The van der Waals surface area contributed by atoms with E-state index in [1.165, 1.54) is 5.56 Å². The molecular weight excluding hydrogens is 562 g/mol. The number of phenols is 1. The van der Waals surface area contributed by atoms with E-state index >= 15 is 0 Å². The average Bonchev–Trinajstić information content (AvgIpc) is 3.45. The van der Waals surface area contributed by atoms with Crippen LogP contribution in [0.15, 0.2) is 91.1 Å². The predicted octanol–water partition coefficient (Wildman–Crippen LogP) is 6.41. The van der Waals surface area contributed by atoms with Crippen molar-refractivity contribution in [2.24, 2.45) is 5.73 Å². The summed E-state index contributed by atoms with van der Waals surface area (Å²) >= 11 is 0. The molecule has 0 saturated carbocycles. The summed E-state index contributed by atoms with van der Waals surface area (Å²) in [5.41, 5.74) is 11.8. The molecule has 0 aliphatic heterocycles. The normalized spacial score (nSPS) is 12.3. The number of nitrogens with one attached hydrogen (secondary N) is 1. The minimum Gasteiger partial charge on any atom is -0.508 e. The fourth-order valence-corrected chi connectivity index (χ4v) is 5.31. The molecule has 5 aromatic rings. The van der Waals surface area contributed by atoms with Crippen molar-refractivity contribution in [3.05, 3.63) is 108 Å². The van der Waals surface area contributed by atoms with E-state index < -0.39 is 11.9 Å². The average molecular weight is 604 g/mol. The van der Waals surface area contributed by atoms with Crippen molar-refractivity contribution in [2.45, 2.75) is 70.8 Å². The summed E-state index contributed by atoms with van der Waals surface area (Å²) in [4.78, 5) is 29.6. The Morgan fingerprint density at radius 1 is 0.889 bits per heavy atom. The van der Waals surface area contributed by atoms with Crippen molar-refractivity contribution in [3.63, 3.8) is 0 Å². The third-order valence-corrected chi connectivity index (χ3v) is 7.98. The number of hydrogen-bond donors (Lipinski definition) is 3. The van der Waals surface area contributed by atoms with Crippen molar-refractivity contribution >= 4 is 22.6 Å². The van der Waals surface area contributed by atoms with Gasteiger partial charge < -0.3 is 10.8 Å². The maximum absolute atomic E-state index is 12.4. The SMILES string of the molecule is CC(C)(C)c1ccc(-n2nc(-c3cc4ccccc4cn3)cc2CCCCCC(=O)NC(=O)C(N)Cc2ccc(O)cc2)cc1. The third kappa shape index (κ3) is 8.22. The molecule has 2 amide bonds. The summed E-state index contributed by atoms with van der Waals surface area (Å²) in [5.74, 6) is -0.673. The van der Waals surface area contributed by atoms with Gasteiger partial charge in [-0.3, -0.25) is 19.9 Å². The molecule has 0 aliphatic carbocycles. The first kappa shape index (κ1) is 31.6. The first-order valence-corrected chi connectivity index (χ1v) is 15.5. The van der Waals surface area contributed by atoms with Gasteiger partial charge in [-0.15, -0.1) is 0 Å². The Labute approximate surface area is 264 Å². The molecule has 8 heteroatoms. The number of amides is 2. The Kier molecular flexibility index (Phi) is 9.74. The molecule has 232 valence electrons. The Morgan fingerprint density at radius 2 is 1.60 bits per heavy atom. The van der Waals surface area contributed by atoms with Crippen LogP contribution in [0.5, 0.6) is 5.75 Å². The minimum absolute atomic E-state index is 0.0559. The van der Waals surface area contributed by atoms with Crippen molar-refractivity contribution in [3.8, 4) is 22.8 Å². The molecule has 0 spiro atoms. The van der Waals surface area contributed by atoms with Crippen molar-refractivity contribution in [2.75, 3.05) is 0 Å². The summed E-state index contributed by atoms with van der Waals surface area (Å²) < 4.78 is 2.00. The molecule has 5 rings (SSSR count). The maximum Gasteiger partial charge on any atom is 0.243 e.